The van der Waals surface area contributed by atoms with Gasteiger partial charge in [0.1, 0.15) is 0 Å². The zero-order chi connectivity index (χ0) is 16.7. The van der Waals surface area contributed by atoms with Gasteiger partial charge < -0.3 is 10.2 Å². The molecular formula is C19H21BrN2O. The van der Waals surface area contributed by atoms with Gasteiger partial charge in [0, 0.05) is 17.1 Å². The van der Waals surface area contributed by atoms with Crippen LogP contribution < -0.4 is 5.32 Å². The summed E-state index contributed by atoms with van der Waals surface area (Å²) in [5, 5.41) is 3.07. The van der Waals surface area contributed by atoms with Crippen molar-refractivity contribution in [1.82, 2.24) is 10.2 Å². The number of nitrogens with one attached hydrogen (secondary N) is 1. The van der Waals surface area contributed by atoms with Crippen LogP contribution in [0.3, 0.4) is 0 Å². The number of hydrogen-bond acceptors (Lipinski definition) is 2. The Hall–Kier alpha value is -1.91. The highest BCUT2D eigenvalue weighted by molar-refractivity contribution is 9.10. The Morgan fingerprint density at radius 1 is 1.17 bits per heavy atom. The minimum Gasteiger partial charge on any atom is -0.344 e. The van der Waals surface area contributed by atoms with Gasteiger partial charge in [-0.1, -0.05) is 58.4 Å². The molecule has 0 heterocycles. The first-order chi connectivity index (χ1) is 11.0. The van der Waals surface area contributed by atoms with E-state index in [1.54, 1.807) is 6.08 Å². The zero-order valence-corrected chi connectivity index (χ0v) is 15.0. The number of halogens is 1. The molecule has 2 aromatic carbocycles. The number of amides is 1. The second-order valence-corrected chi connectivity index (χ2v) is 6.54. The van der Waals surface area contributed by atoms with Crippen LogP contribution in [0.2, 0.25) is 0 Å². The van der Waals surface area contributed by atoms with E-state index in [0.29, 0.717) is 0 Å². The molecule has 0 aliphatic carbocycles. The molecule has 0 radical (unpaired) electrons. The molecule has 0 fully saturated rings. The largest absolute Gasteiger partial charge is 0.344 e. The van der Waals surface area contributed by atoms with Crippen LogP contribution in [0.15, 0.2) is 65.1 Å². The van der Waals surface area contributed by atoms with Gasteiger partial charge in [-0.15, -0.1) is 0 Å². The molecule has 2 aromatic rings. The van der Waals surface area contributed by atoms with Crippen LogP contribution in [0.25, 0.3) is 6.08 Å². The maximum absolute atomic E-state index is 12.2. The number of benzene rings is 2. The van der Waals surface area contributed by atoms with Gasteiger partial charge >= 0.3 is 0 Å². The van der Waals surface area contributed by atoms with E-state index in [4.69, 9.17) is 0 Å². The quantitative estimate of drug-likeness (QED) is 0.780. The first-order valence-corrected chi connectivity index (χ1v) is 8.28. The molecule has 2 rings (SSSR count). The van der Waals surface area contributed by atoms with Gasteiger partial charge in [-0.25, -0.2) is 0 Å². The third-order valence-corrected chi connectivity index (χ3v) is 3.84. The lowest BCUT2D eigenvalue weighted by molar-refractivity contribution is -0.117. The molecule has 1 atom stereocenters. The van der Waals surface area contributed by atoms with Crippen LogP contribution in [0.5, 0.6) is 0 Å². The van der Waals surface area contributed by atoms with Crippen LogP contribution >= 0.6 is 15.9 Å². The number of hydrogen-bond donors (Lipinski definition) is 1. The fraction of sp³-hybridized carbons (Fsp3) is 0.211. The minimum absolute atomic E-state index is 0.0362. The number of carbonyl (C=O) groups excluding carboxylic acids is 1. The summed E-state index contributed by atoms with van der Waals surface area (Å²) in [7, 11) is 4.00. The van der Waals surface area contributed by atoms with E-state index in [-0.39, 0.29) is 11.9 Å². The van der Waals surface area contributed by atoms with E-state index >= 15 is 0 Å². The molecule has 23 heavy (non-hydrogen) atoms. The molecule has 0 aliphatic rings. The molecule has 0 saturated heterocycles. The number of rotatable bonds is 6. The fourth-order valence-electron chi connectivity index (χ4n) is 2.29. The monoisotopic (exact) mass is 372 g/mol. The number of carbonyl (C=O) groups is 1. The van der Waals surface area contributed by atoms with Crippen LogP contribution in [-0.4, -0.2) is 31.4 Å². The highest BCUT2D eigenvalue weighted by Gasteiger charge is 2.13. The third-order valence-electron chi connectivity index (χ3n) is 3.34. The van der Waals surface area contributed by atoms with Gasteiger partial charge in [0.2, 0.25) is 5.91 Å². The molecule has 0 bridgehead atoms. The highest BCUT2D eigenvalue weighted by atomic mass is 79.9. The van der Waals surface area contributed by atoms with E-state index in [2.05, 4.69) is 26.1 Å². The van der Waals surface area contributed by atoms with E-state index < -0.39 is 0 Å². The van der Waals surface area contributed by atoms with Crippen molar-refractivity contribution in [1.29, 1.82) is 0 Å². The Bertz CT molecular complexity index is 668. The maximum atomic E-state index is 12.2. The maximum Gasteiger partial charge on any atom is 0.244 e. The molecule has 120 valence electrons. The molecule has 1 N–H and O–H groups in total. The Labute approximate surface area is 146 Å². The summed E-state index contributed by atoms with van der Waals surface area (Å²) in [6.45, 7) is 0.750. The predicted octanol–water partition coefficient (Wildman–Crippen LogP) is 3.88. The van der Waals surface area contributed by atoms with E-state index in [0.717, 1.165) is 22.1 Å². The van der Waals surface area contributed by atoms with Crippen LogP contribution in [0.4, 0.5) is 0 Å². The Kier molecular flexibility index (Phi) is 6.56. The lowest BCUT2D eigenvalue weighted by atomic mass is 10.1. The summed E-state index contributed by atoms with van der Waals surface area (Å²) in [6, 6.07) is 17.8. The first-order valence-electron chi connectivity index (χ1n) is 7.48. The van der Waals surface area contributed by atoms with Crippen molar-refractivity contribution < 1.29 is 4.79 Å². The van der Waals surface area contributed by atoms with E-state index in [9.17, 15) is 4.79 Å². The molecule has 4 heteroatoms. The molecule has 0 spiro atoms. The van der Waals surface area contributed by atoms with Crippen LogP contribution in [0.1, 0.15) is 17.2 Å². The number of nitrogens with zero attached hydrogens (tertiary/aromatic N) is 1. The van der Waals surface area contributed by atoms with Crippen molar-refractivity contribution in [2.24, 2.45) is 0 Å². The van der Waals surface area contributed by atoms with Crippen molar-refractivity contribution in [2.75, 3.05) is 20.6 Å². The topological polar surface area (TPSA) is 32.3 Å². The van der Waals surface area contributed by atoms with Crippen molar-refractivity contribution in [3.63, 3.8) is 0 Å². The summed E-state index contributed by atoms with van der Waals surface area (Å²) >= 11 is 3.43. The molecule has 0 aliphatic heterocycles. The standard InChI is InChI=1S/C19H21BrN2O/c1-22(2)14-18(16-8-4-3-5-9-16)21-19(23)12-11-15-7-6-10-17(20)13-15/h3-13,18H,14H2,1-2H3,(H,21,23)/b12-11+/t18-/m1/s1. The van der Waals surface area contributed by atoms with Gasteiger partial charge in [-0.05, 0) is 43.4 Å². The predicted molar refractivity (Wildman–Crippen MR) is 99.1 cm³/mol. The van der Waals surface area contributed by atoms with Crippen molar-refractivity contribution in [3.8, 4) is 0 Å². The van der Waals surface area contributed by atoms with Crippen LogP contribution in [0, 0.1) is 0 Å². The van der Waals surface area contributed by atoms with Gasteiger partial charge in [0.15, 0.2) is 0 Å². The first kappa shape index (κ1) is 17.4. The summed E-state index contributed by atoms with van der Waals surface area (Å²) < 4.78 is 0.995. The van der Waals surface area contributed by atoms with E-state index in [1.165, 1.54) is 0 Å². The van der Waals surface area contributed by atoms with Crippen molar-refractivity contribution in [3.05, 3.63) is 76.3 Å². The van der Waals surface area contributed by atoms with Gasteiger partial charge in [0.05, 0.1) is 6.04 Å². The number of likely N-dealkylation sites (N-methyl/N-ethyl adjacent to an activating group) is 1. The molecule has 0 saturated carbocycles. The summed E-state index contributed by atoms with van der Waals surface area (Å²) in [5.41, 5.74) is 2.09. The summed E-state index contributed by atoms with van der Waals surface area (Å²) in [6.07, 6.45) is 3.39. The average molecular weight is 373 g/mol. The Balaban J connectivity index is 2.05. The normalized spacial score (nSPS) is 12.5. The van der Waals surface area contributed by atoms with Crippen LogP contribution in [-0.2, 0) is 4.79 Å². The molecule has 0 aromatic heterocycles. The second kappa shape index (κ2) is 8.65. The van der Waals surface area contributed by atoms with Crippen molar-refractivity contribution >= 4 is 27.9 Å². The molecular weight excluding hydrogens is 352 g/mol. The third kappa shape index (κ3) is 6.00. The van der Waals surface area contributed by atoms with Gasteiger partial charge in [0.25, 0.3) is 0 Å². The summed E-state index contributed by atoms with van der Waals surface area (Å²) in [5.74, 6) is -0.0966. The molecule has 0 unspecified atom stereocenters. The Morgan fingerprint density at radius 3 is 2.57 bits per heavy atom. The highest BCUT2D eigenvalue weighted by Crippen LogP contribution is 2.14. The lowest BCUT2D eigenvalue weighted by Gasteiger charge is -2.22. The van der Waals surface area contributed by atoms with Gasteiger partial charge in [-0.3, -0.25) is 4.79 Å². The molecule has 1 amide bonds. The minimum atomic E-state index is -0.0966. The fourth-order valence-corrected chi connectivity index (χ4v) is 2.70. The summed E-state index contributed by atoms with van der Waals surface area (Å²) in [4.78, 5) is 14.3. The second-order valence-electron chi connectivity index (χ2n) is 5.62. The Morgan fingerprint density at radius 2 is 1.91 bits per heavy atom. The lowest BCUT2D eigenvalue weighted by Crippen LogP contribution is -2.34. The van der Waals surface area contributed by atoms with Gasteiger partial charge in [-0.2, -0.15) is 0 Å². The van der Waals surface area contributed by atoms with E-state index in [1.807, 2.05) is 74.8 Å². The smallest absolute Gasteiger partial charge is 0.244 e. The average Bonchev–Trinajstić information content (AvgIpc) is 2.53. The SMILES string of the molecule is CN(C)C[C@@H](NC(=O)/C=C/c1cccc(Br)c1)c1ccccc1. The van der Waals surface area contributed by atoms with Crippen molar-refractivity contribution in [2.45, 2.75) is 6.04 Å². The molecule has 3 nitrogen and oxygen atoms in total. The zero-order valence-electron chi connectivity index (χ0n) is 13.4.